The summed E-state index contributed by atoms with van der Waals surface area (Å²) in [6.07, 6.45) is 8.90. The Morgan fingerprint density at radius 3 is 2.71 bits per heavy atom. The van der Waals surface area contributed by atoms with Gasteiger partial charge in [-0.05, 0) is 32.6 Å². The summed E-state index contributed by atoms with van der Waals surface area (Å²) in [7, 11) is 0. The van der Waals surface area contributed by atoms with E-state index in [1.807, 2.05) is 20.0 Å². The van der Waals surface area contributed by atoms with E-state index in [2.05, 4.69) is 10.3 Å². The molecule has 0 radical (unpaired) electrons. The number of nitrogens with zero attached hydrogens (tertiary/aromatic N) is 4. The molecule has 4 N–H and O–H groups in total. The highest BCUT2D eigenvalue weighted by Crippen LogP contribution is 2.02. The Balaban J connectivity index is 0.00000352. The van der Waals surface area contributed by atoms with Crippen LogP contribution in [0.15, 0.2) is 18.1 Å². The monoisotopic (exact) mass is 396 g/mol. The van der Waals surface area contributed by atoms with Crippen molar-refractivity contribution in [1.29, 1.82) is 0 Å². The summed E-state index contributed by atoms with van der Waals surface area (Å²) in [6.45, 7) is 7.52. The Bertz CT molecular complexity index is 574. The third-order valence-electron chi connectivity index (χ3n) is 3.59. The number of rotatable bonds is 15. The van der Waals surface area contributed by atoms with Gasteiger partial charge in [-0.2, -0.15) is 0 Å². The lowest BCUT2D eigenvalue weighted by Gasteiger charge is -2.14. The fourth-order valence-electron chi connectivity index (χ4n) is 2.27. The quantitative estimate of drug-likeness (QED) is 0.199. The second kappa shape index (κ2) is 16.9. The number of ketones is 1. The number of hydrogen-bond donors (Lipinski definition) is 2. The highest BCUT2D eigenvalue weighted by atomic mass is 16.5. The van der Waals surface area contributed by atoms with Gasteiger partial charge in [-0.25, -0.2) is 5.84 Å². The number of aryl methyl sites for hydroxylation is 1. The van der Waals surface area contributed by atoms with Crippen molar-refractivity contribution < 1.29 is 14.3 Å². The minimum atomic E-state index is 0.209. The van der Waals surface area contributed by atoms with E-state index >= 15 is 0 Å². The van der Waals surface area contributed by atoms with E-state index in [-0.39, 0.29) is 12.4 Å². The van der Waals surface area contributed by atoms with Crippen LogP contribution in [0.3, 0.4) is 0 Å². The maximum Gasteiger partial charge on any atom is 0.129 e. The number of nitrogens with two attached hydrogens (primary N) is 2. The summed E-state index contributed by atoms with van der Waals surface area (Å²) in [5, 5.41) is 9.57. The second-order valence-corrected chi connectivity index (χ2v) is 6.23. The molecule has 0 unspecified atom stereocenters. The summed E-state index contributed by atoms with van der Waals surface area (Å²) >= 11 is 0. The fraction of sp³-hybridized carbons (Fsp3) is 0.684. The molecular weight excluding hydrogens is 360 g/mol. The number of aromatic nitrogens is 3. The standard InChI is InChI=1S/C17H30N6O3.C2H6/c1-15(25)7-3-5-9-23-12-17(20-21-23)14-26-13-16(18)11-22(19)8-4-2-6-10-24;1-2/h10-12H,2-9,13-14,18-19H2,1H3;1-2H3/b16-11-;. The maximum atomic E-state index is 10.9. The molecule has 160 valence electrons. The molecule has 0 aliphatic carbocycles. The zero-order valence-electron chi connectivity index (χ0n) is 17.5. The molecule has 9 nitrogen and oxygen atoms in total. The van der Waals surface area contributed by atoms with Gasteiger partial charge in [-0.15, -0.1) is 5.10 Å². The molecule has 0 aliphatic heterocycles. The Labute approximate surface area is 168 Å². The predicted molar refractivity (Wildman–Crippen MR) is 109 cm³/mol. The number of hydrogen-bond acceptors (Lipinski definition) is 8. The van der Waals surface area contributed by atoms with Gasteiger partial charge in [-0.1, -0.05) is 19.1 Å². The normalized spacial score (nSPS) is 10.9. The van der Waals surface area contributed by atoms with Gasteiger partial charge in [0, 0.05) is 32.1 Å². The number of aldehydes is 1. The van der Waals surface area contributed by atoms with Crippen molar-refractivity contribution in [2.75, 3.05) is 13.2 Å². The van der Waals surface area contributed by atoms with Crippen LogP contribution in [-0.2, 0) is 27.5 Å². The van der Waals surface area contributed by atoms with Gasteiger partial charge in [0.1, 0.15) is 17.8 Å². The summed E-state index contributed by atoms with van der Waals surface area (Å²) in [5.41, 5.74) is 7.11. The van der Waals surface area contributed by atoms with Gasteiger partial charge < -0.3 is 25.1 Å². The molecule has 1 aromatic rings. The van der Waals surface area contributed by atoms with Crippen molar-refractivity contribution in [3.8, 4) is 0 Å². The number of carbonyl (C=O) groups excluding carboxylic acids is 2. The van der Waals surface area contributed by atoms with Crippen molar-refractivity contribution in [2.24, 2.45) is 11.6 Å². The Morgan fingerprint density at radius 1 is 1.29 bits per heavy atom. The van der Waals surface area contributed by atoms with E-state index in [0.29, 0.717) is 31.7 Å². The van der Waals surface area contributed by atoms with Crippen molar-refractivity contribution in [2.45, 2.75) is 72.4 Å². The number of ether oxygens (including phenoxy) is 1. The number of Topliss-reactive ketones (excluding diaryl/α,β-unsaturated/α-hetero) is 1. The van der Waals surface area contributed by atoms with Crippen LogP contribution < -0.4 is 11.6 Å². The van der Waals surface area contributed by atoms with E-state index in [1.165, 1.54) is 5.01 Å². The average Bonchev–Trinajstić information content (AvgIpc) is 3.11. The van der Waals surface area contributed by atoms with E-state index in [0.717, 1.165) is 44.2 Å². The van der Waals surface area contributed by atoms with Crippen molar-refractivity contribution >= 4 is 12.1 Å². The molecule has 1 aromatic heterocycles. The molecular formula is C19H36N6O3. The Kier molecular flexibility index (Phi) is 15.5. The van der Waals surface area contributed by atoms with Crippen LogP contribution in [0.2, 0.25) is 0 Å². The first-order valence-corrected chi connectivity index (χ1v) is 9.88. The van der Waals surface area contributed by atoms with E-state index in [1.54, 1.807) is 17.8 Å². The molecule has 28 heavy (non-hydrogen) atoms. The van der Waals surface area contributed by atoms with Crippen LogP contribution in [-0.4, -0.2) is 45.2 Å². The van der Waals surface area contributed by atoms with Crippen LogP contribution in [0.5, 0.6) is 0 Å². The van der Waals surface area contributed by atoms with Crippen LogP contribution >= 0.6 is 0 Å². The summed E-state index contributed by atoms with van der Waals surface area (Å²) in [6, 6.07) is 0. The zero-order valence-corrected chi connectivity index (χ0v) is 17.5. The van der Waals surface area contributed by atoms with E-state index < -0.39 is 0 Å². The first-order chi connectivity index (χ1) is 13.5. The largest absolute Gasteiger partial charge is 0.399 e. The Morgan fingerprint density at radius 2 is 2.04 bits per heavy atom. The minimum absolute atomic E-state index is 0.209. The Hall–Kier alpha value is -2.26. The van der Waals surface area contributed by atoms with Gasteiger partial charge in [0.05, 0.1) is 25.1 Å². The molecule has 0 spiro atoms. The van der Waals surface area contributed by atoms with Crippen LogP contribution in [0.25, 0.3) is 0 Å². The minimum Gasteiger partial charge on any atom is -0.399 e. The van der Waals surface area contributed by atoms with Crippen LogP contribution in [0, 0.1) is 0 Å². The van der Waals surface area contributed by atoms with E-state index in [9.17, 15) is 9.59 Å². The topological polar surface area (TPSA) is 129 Å². The van der Waals surface area contributed by atoms with Gasteiger partial charge in [0.2, 0.25) is 0 Å². The molecule has 1 heterocycles. The molecule has 0 atom stereocenters. The van der Waals surface area contributed by atoms with Crippen LogP contribution in [0.4, 0.5) is 0 Å². The third kappa shape index (κ3) is 13.9. The zero-order chi connectivity index (χ0) is 21.2. The molecule has 0 saturated carbocycles. The van der Waals surface area contributed by atoms with Crippen molar-refractivity contribution in [1.82, 2.24) is 20.0 Å². The number of unbranched alkanes of at least 4 members (excludes halogenated alkanes) is 3. The van der Waals surface area contributed by atoms with Gasteiger partial charge in [0.25, 0.3) is 0 Å². The average molecular weight is 397 g/mol. The summed E-state index contributed by atoms with van der Waals surface area (Å²) in [4.78, 5) is 21.1. The lowest BCUT2D eigenvalue weighted by molar-refractivity contribution is -0.117. The molecule has 0 amide bonds. The maximum absolute atomic E-state index is 10.9. The number of hydrazine groups is 1. The summed E-state index contributed by atoms with van der Waals surface area (Å²) in [5.74, 6) is 6.01. The van der Waals surface area contributed by atoms with Crippen LogP contribution in [0.1, 0.15) is 65.0 Å². The summed E-state index contributed by atoms with van der Waals surface area (Å²) < 4.78 is 7.26. The molecule has 0 aliphatic rings. The molecule has 0 saturated heterocycles. The molecule has 0 fully saturated rings. The third-order valence-corrected chi connectivity index (χ3v) is 3.59. The predicted octanol–water partition coefficient (Wildman–Crippen LogP) is 1.93. The first kappa shape index (κ1) is 25.7. The van der Waals surface area contributed by atoms with Gasteiger partial charge in [0.15, 0.2) is 0 Å². The van der Waals surface area contributed by atoms with Gasteiger partial charge >= 0.3 is 0 Å². The second-order valence-electron chi connectivity index (χ2n) is 6.23. The molecule has 1 rings (SSSR count). The SMILES string of the molecule is CC.CC(=O)CCCCn1cc(COC/C(N)=C/N(N)CCCCC=O)nn1. The van der Waals surface area contributed by atoms with Crippen molar-refractivity contribution in [3.05, 3.63) is 23.8 Å². The highest BCUT2D eigenvalue weighted by Gasteiger charge is 2.03. The molecule has 0 aromatic carbocycles. The fourth-order valence-corrected chi connectivity index (χ4v) is 2.27. The molecule has 0 bridgehead atoms. The number of carbonyl (C=O) groups is 2. The van der Waals surface area contributed by atoms with Crippen molar-refractivity contribution in [3.63, 3.8) is 0 Å². The smallest absolute Gasteiger partial charge is 0.129 e. The molecule has 9 heteroatoms. The lowest BCUT2D eigenvalue weighted by Crippen LogP contribution is -2.28. The van der Waals surface area contributed by atoms with Gasteiger partial charge in [-0.3, -0.25) is 4.68 Å². The first-order valence-electron chi connectivity index (χ1n) is 9.88. The highest BCUT2D eigenvalue weighted by molar-refractivity contribution is 5.75. The lowest BCUT2D eigenvalue weighted by atomic mass is 10.2. The van der Waals surface area contributed by atoms with E-state index in [4.69, 9.17) is 16.3 Å².